The molecular formula is C11H18Cl2N2O. The van der Waals surface area contributed by atoms with Gasteiger partial charge in [0.2, 0.25) is 0 Å². The molecule has 2 rings (SSSR count). The molecular weight excluding hydrogens is 247 g/mol. The molecule has 0 bridgehead atoms. The van der Waals surface area contributed by atoms with E-state index in [2.05, 4.69) is 16.3 Å². The van der Waals surface area contributed by atoms with Gasteiger partial charge in [-0.25, -0.2) is 0 Å². The number of hydrogen-bond donors (Lipinski definition) is 2. The summed E-state index contributed by atoms with van der Waals surface area (Å²) in [6, 6.07) is 8.06. The van der Waals surface area contributed by atoms with Gasteiger partial charge in [-0.1, -0.05) is 18.2 Å². The minimum absolute atomic E-state index is 0. The molecule has 0 aliphatic carbocycles. The molecule has 5 heteroatoms. The van der Waals surface area contributed by atoms with Crippen LogP contribution in [0.15, 0.2) is 24.3 Å². The predicted octanol–water partition coefficient (Wildman–Crippen LogP) is 1.43. The minimum atomic E-state index is 0. The van der Waals surface area contributed by atoms with Gasteiger partial charge < -0.3 is 15.3 Å². The summed E-state index contributed by atoms with van der Waals surface area (Å²) >= 11 is 0. The highest BCUT2D eigenvalue weighted by atomic mass is 35.5. The highest BCUT2D eigenvalue weighted by Crippen LogP contribution is 2.20. The number of piperazine rings is 1. The molecule has 1 aliphatic heterocycles. The standard InChI is InChI=1S/C11H16N2O.2ClH/c14-9-10-3-1-2-4-11(10)13-7-5-12-6-8-13;;/h1-4,12,14H,5-9H2;2*1H. The van der Waals surface area contributed by atoms with Crippen LogP contribution in [0.5, 0.6) is 0 Å². The van der Waals surface area contributed by atoms with E-state index in [9.17, 15) is 5.11 Å². The van der Waals surface area contributed by atoms with Crippen molar-refractivity contribution in [2.45, 2.75) is 6.61 Å². The van der Waals surface area contributed by atoms with E-state index in [4.69, 9.17) is 0 Å². The third kappa shape index (κ3) is 3.52. The van der Waals surface area contributed by atoms with Crippen molar-refractivity contribution in [2.75, 3.05) is 31.1 Å². The lowest BCUT2D eigenvalue weighted by Gasteiger charge is -2.30. The Hall–Kier alpha value is -0.480. The maximum Gasteiger partial charge on any atom is 0.0702 e. The number of nitrogens with one attached hydrogen (secondary N) is 1. The minimum Gasteiger partial charge on any atom is -0.392 e. The molecule has 1 fully saturated rings. The number of aliphatic hydroxyl groups is 1. The van der Waals surface area contributed by atoms with Gasteiger partial charge in [-0.2, -0.15) is 0 Å². The second-order valence-corrected chi connectivity index (χ2v) is 3.52. The summed E-state index contributed by atoms with van der Waals surface area (Å²) in [5, 5.41) is 12.5. The lowest BCUT2D eigenvalue weighted by Crippen LogP contribution is -2.43. The maximum absolute atomic E-state index is 9.21. The number of benzene rings is 1. The molecule has 0 saturated carbocycles. The predicted molar refractivity (Wildman–Crippen MR) is 71.9 cm³/mol. The third-order valence-corrected chi connectivity index (χ3v) is 2.62. The lowest BCUT2D eigenvalue weighted by molar-refractivity contribution is 0.282. The van der Waals surface area contributed by atoms with E-state index >= 15 is 0 Å². The monoisotopic (exact) mass is 264 g/mol. The Morgan fingerprint density at radius 3 is 2.38 bits per heavy atom. The Morgan fingerprint density at radius 1 is 1.12 bits per heavy atom. The van der Waals surface area contributed by atoms with Crippen molar-refractivity contribution in [3.63, 3.8) is 0 Å². The maximum atomic E-state index is 9.21. The Labute approximate surface area is 109 Å². The van der Waals surface area contributed by atoms with E-state index in [1.807, 2.05) is 18.2 Å². The van der Waals surface area contributed by atoms with E-state index in [1.165, 1.54) is 5.69 Å². The zero-order valence-electron chi connectivity index (χ0n) is 9.06. The molecule has 0 atom stereocenters. The van der Waals surface area contributed by atoms with E-state index < -0.39 is 0 Å². The first-order valence-electron chi connectivity index (χ1n) is 5.06. The number of hydrogen-bond acceptors (Lipinski definition) is 3. The fourth-order valence-corrected chi connectivity index (χ4v) is 1.86. The molecule has 1 heterocycles. The van der Waals surface area contributed by atoms with Crippen LogP contribution in [0.2, 0.25) is 0 Å². The average Bonchev–Trinajstić information content (AvgIpc) is 2.30. The van der Waals surface area contributed by atoms with Crippen LogP contribution in [0.3, 0.4) is 0 Å². The summed E-state index contributed by atoms with van der Waals surface area (Å²) in [4.78, 5) is 2.32. The average molecular weight is 265 g/mol. The van der Waals surface area contributed by atoms with Crippen molar-refractivity contribution in [1.82, 2.24) is 5.32 Å². The molecule has 1 aromatic carbocycles. The number of rotatable bonds is 2. The van der Waals surface area contributed by atoms with Gasteiger partial charge in [-0.05, 0) is 6.07 Å². The molecule has 0 amide bonds. The molecule has 0 spiro atoms. The SMILES string of the molecule is Cl.Cl.OCc1ccccc1N1CCNCC1. The topological polar surface area (TPSA) is 35.5 Å². The van der Waals surface area contributed by atoms with Crippen molar-refractivity contribution in [3.8, 4) is 0 Å². The van der Waals surface area contributed by atoms with Gasteiger partial charge in [-0.3, -0.25) is 0 Å². The summed E-state index contributed by atoms with van der Waals surface area (Å²) in [7, 11) is 0. The van der Waals surface area contributed by atoms with Crippen LogP contribution >= 0.6 is 24.8 Å². The van der Waals surface area contributed by atoms with E-state index in [0.29, 0.717) is 0 Å². The molecule has 0 unspecified atom stereocenters. The van der Waals surface area contributed by atoms with Crippen LogP contribution < -0.4 is 10.2 Å². The number of anilines is 1. The molecule has 1 aromatic rings. The number of para-hydroxylation sites is 1. The summed E-state index contributed by atoms with van der Waals surface area (Å²) in [5.41, 5.74) is 2.20. The van der Waals surface area contributed by atoms with Crippen molar-refractivity contribution in [2.24, 2.45) is 0 Å². The number of halogens is 2. The van der Waals surface area contributed by atoms with Crippen LogP contribution in [0.4, 0.5) is 5.69 Å². The normalized spacial score (nSPS) is 14.9. The van der Waals surface area contributed by atoms with Crippen LogP contribution in [0, 0.1) is 0 Å². The summed E-state index contributed by atoms with van der Waals surface area (Å²) in [6.45, 7) is 4.23. The second-order valence-electron chi connectivity index (χ2n) is 3.52. The molecule has 0 aromatic heterocycles. The Balaban J connectivity index is 0.00000112. The van der Waals surface area contributed by atoms with Gasteiger partial charge in [0.05, 0.1) is 6.61 Å². The smallest absolute Gasteiger partial charge is 0.0702 e. The quantitative estimate of drug-likeness (QED) is 0.849. The second kappa shape index (κ2) is 7.74. The fraction of sp³-hybridized carbons (Fsp3) is 0.455. The Kier molecular flexibility index (Phi) is 7.51. The van der Waals surface area contributed by atoms with Crippen LogP contribution in [-0.4, -0.2) is 31.3 Å². The molecule has 2 N–H and O–H groups in total. The largest absolute Gasteiger partial charge is 0.392 e. The molecule has 1 aliphatic rings. The van der Waals surface area contributed by atoms with Crippen LogP contribution in [0.1, 0.15) is 5.56 Å². The van der Waals surface area contributed by atoms with Gasteiger partial charge >= 0.3 is 0 Å². The first-order valence-corrected chi connectivity index (χ1v) is 5.06. The highest BCUT2D eigenvalue weighted by molar-refractivity contribution is 5.85. The summed E-state index contributed by atoms with van der Waals surface area (Å²) in [6.07, 6.45) is 0. The van der Waals surface area contributed by atoms with Crippen molar-refractivity contribution in [1.29, 1.82) is 0 Å². The van der Waals surface area contributed by atoms with Crippen LogP contribution in [-0.2, 0) is 6.61 Å². The summed E-state index contributed by atoms with van der Waals surface area (Å²) < 4.78 is 0. The Morgan fingerprint density at radius 2 is 1.75 bits per heavy atom. The lowest BCUT2D eigenvalue weighted by atomic mass is 10.1. The first kappa shape index (κ1) is 15.5. The van der Waals surface area contributed by atoms with E-state index in [0.717, 1.165) is 31.7 Å². The molecule has 1 saturated heterocycles. The van der Waals surface area contributed by atoms with Gasteiger partial charge in [0, 0.05) is 37.4 Å². The van der Waals surface area contributed by atoms with E-state index in [-0.39, 0.29) is 31.4 Å². The Bertz CT molecular complexity index is 304. The zero-order valence-corrected chi connectivity index (χ0v) is 10.7. The molecule has 0 radical (unpaired) electrons. The highest BCUT2D eigenvalue weighted by Gasteiger charge is 2.12. The van der Waals surface area contributed by atoms with Crippen LogP contribution in [0.25, 0.3) is 0 Å². The van der Waals surface area contributed by atoms with Crippen molar-refractivity contribution < 1.29 is 5.11 Å². The number of aliphatic hydroxyl groups excluding tert-OH is 1. The van der Waals surface area contributed by atoms with Gasteiger partial charge in [-0.15, -0.1) is 24.8 Å². The zero-order chi connectivity index (χ0) is 9.80. The third-order valence-electron chi connectivity index (χ3n) is 2.62. The summed E-state index contributed by atoms with van der Waals surface area (Å²) in [5.74, 6) is 0. The van der Waals surface area contributed by atoms with Gasteiger partial charge in [0.1, 0.15) is 0 Å². The van der Waals surface area contributed by atoms with Crippen molar-refractivity contribution >= 4 is 30.5 Å². The first-order chi connectivity index (χ1) is 6.92. The molecule has 92 valence electrons. The van der Waals surface area contributed by atoms with Crippen molar-refractivity contribution in [3.05, 3.63) is 29.8 Å². The fourth-order valence-electron chi connectivity index (χ4n) is 1.86. The molecule has 3 nitrogen and oxygen atoms in total. The number of nitrogens with zero attached hydrogens (tertiary/aromatic N) is 1. The van der Waals surface area contributed by atoms with Gasteiger partial charge in [0.25, 0.3) is 0 Å². The molecule has 16 heavy (non-hydrogen) atoms. The van der Waals surface area contributed by atoms with Gasteiger partial charge in [0.15, 0.2) is 0 Å². The van der Waals surface area contributed by atoms with E-state index in [1.54, 1.807) is 0 Å².